The largest absolute Gasteiger partial charge is 0.351 e. The molecule has 2 aromatic rings. The SMILES string of the molecule is CCN(CC)CCNC(=O)c1ccc(NS(=O)(=O)c2ccc(F)cc2)cc1. The summed E-state index contributed by atoms with van der Waals surface area (Å²) < 4.78 is 39.9. The number of nitrogens with one attached hydrogen (secondary N) is 2. The van der Waals surface area contributed by atoms with Crippen molar-refractivity contribution in [3.05, 3.63) is 59.9 Å². The number of sulfonamides is 1. The maximum absolute atomic E-state index is 12.9. The van der Waals surface area contributed by atoms with E-state index < -0.39 is 15.8 Å². The number of halogens is 1. The van der Waals surface area contributed by atoms with E-state index in [0.29, 0.717) is 17.8 Å². The van der Waals surface area contributed by atoms with E-state index in [2.05, 4.69) is 28.8 Å². The van der Waals surface area contributed by atoms with Crippen LogP contribution in [0.5, 0.6) is 0 Å². The number of anilines is 1. The van der Waals surface area contributed by atoms with Crippen LogP contribution in [-0.2, 0) is 10.0 Å². The number of amides is 1. The van der Waals surface area contributed by atoms with Gasteiger partial charge in [-0.3, -0.25) is 9.52 Å². The monoisotopic (exact) mass is 393 g/mol. The molecule has 0 saturated heterocycles. The highest BCUT2D eigenvalue weighted by molar-refractivity contribution is 7.92. The highest BCUT2D eigenvalue weighted by atomic mass is 32.2. The normalized spacial score (nSPS) is 11.4. The molecule has 2 rings (SSSR count). The Kier molecular flexibility index (Phi) is 7.32. The molecule has 2 N–H and O–H groups in total. The molecule has 0 heterocycles. The summed E-state index contributed by atoms with van der Waals surface area (Å²) in [5.74, 6) is -0.722. The number of nitrogens with zero attached hydrogens (tertiary/aromatic N) is 1. The standard InChI is InChI=1S/C19H24FN3O3S/c1-3-23(4-2)14-13-21-19(24)15-5-9-17(10-6-15)22-27(25,26)18-11-7-16(20)8-12-18/h5-12,22H,3-4,13-14H2,1-2H3,(H,21,24). The second-order valence-corrected chi connectivity index (χ2v) is 7.60. The Balaban J connectivity index is 1.96. The van der Waals surface area contributed by atoms with Gasteiger partial charge in [0.25, 0.3) is 15.9 Å². The number of hydrogen-bond acceptors (Lipinski definition) is 4. The van der Waals surface area contributed by atoms with Crippen LogP contribution >= 0.6 is 0 Å². The fraction of sp³-hybridized carbons (Fsp3) is 0.316. The van der Waals surface area contributed by atoms with Crippen LogP contribution in [0.15, 0.2) is 53.4 Å². The van der Waals surface area contributed by atoms with Crippen LogP contribution in [0.4, 0.5) is 10.1 Å². The van der Waals surface area contributed by atoms with E-state index in [4.69, 9.17) is 0 Å². The summed E-state index contributed by atoms with van der Waals surface area (Å²) in [6, 6.07) is 10.7. The molecule has 0 atom stereocenters. The first kappa shape index (κ1) is 20.9. The van der Waals surface area contributed by atoms with E-state index in [1.807, 2.05) is 0 Å². The van der Waals surface area contributed by atoms with Gasteiger partial charge in [0.2, 0.25) is 0 Å². The fourth-order valence-electron chi connectivity index (χ4n) is 2.49. The Labute approximate surface area is 159 Å². The fourth-order valence-corrected chi connectivity index (χ4v) is 3.55. The van der Waals surface area contributed by atoms with Crippen LogP contribution in [-0.4, -0.2) is 45.4 Å². The lowest BCUT2D eigenvalue weighted by Gasteiger charge is -2.18. The van der Waals surface area contributed by atoms with Gasteiger partial charge < -0.3 is 10.2 Å². The van der Waals surface area contributed by atoms with Gasteiger partial charge in [-0.05, 0) is 61.6 Å². The van der Waals surface area contributed by atoms with E-state index in [-0.39, 0.29) is 10.8 Å². The van der Waals surface area contributed by atoms with Gasteiger partial charge in [-0.15, -0.1) is 0 Å². The van der Waals surface area contributed by atoms with Crippen LogP contribution < -0.4 is 10.0 Å². The molecule has 0 aromatic heterocycles. The number of rotatable bonds is 9. The zero-order valence-electron chi connectivity index (χ0n) is 15.4. The van der Waals surface area contributed by atoms with E-state index in [1.54, 1.807) is 12.1 Å². The molecule has 0 radical (unpaired) electrons. The van der Waals surface area contributed by atoms with Crippen molar-refractivity contribution in [1.29, 1.82) is 0 Å². The molecule has 0 unspecified atom stereocenters. The molecule has 0 spiro atoms. The summed E-state index contributed by atoms with van der Waals surface area (Å²) in [5, 5.41) is 2.84. The molecule has 6 nitrogen and oxygen atoms in total. The molecule has 0 aliphatic heterocycles. The van der Waals surface area contributed by atoms with Crippen molar-refractivity contribution < 1.29 is 17.6 Å². The van der Waals surface area contributed by atoms with E-state index in [0.717, 1.165) is 31.8 Å². The van der Waals surface area contributed by atoms with Gasteiger partial charge in [-0.1, -0.05) is 13.8 Å². The predicted octanol–water partition coefficient (Wildman–Crippen LogP) is 2.70. The summed E-state index contributed by atoms with van der Waals surface area (Å²) in [6.45, 7) is 7.30. The van der Waals surface area contributed by atoms with Gasteiger partial charge in [-0.25, -0.2) is 12.8 Å². The first-order valence-electron chi connectivity index (χ1n) is 8.74. The third-order valence-corrected chi connectivity index (χ3v) is 5.53. The summed E-state index contributed by atoms with van der Waals surface area (Å²) >= 11 is 0. The lowest BCUT2D eigenvalue weighted by atomic mass is 10.2. The Bertz CT molecular complexity index is 849. The summed E-state index contributed by atoms with van der Waals surface area (Å²) in [5.41, 5.74) is 0.762. The van der Waals surface area contributed by atoms with Crippen LogP contribution in [0.1, 0.15) is 24.2 Å². The average molecular weight is 393 g/mol. The Hall–Kier alpha value is -2.45. The highest BCUT2D eigenvalue weighted by Gasteiger charge is 2.14. The lowest BCUT2D eigenvalue weighted by molar-refractivity contribution is 0.0949. The number of likely N-dealkylation sites (N-methyl/N-ethyl adjacent to an activating group) is 1. The predicted molar refractivity (Wildman–Crippen MR) is 104 cm³/mol. The van der Waals surface area contributed by atoms with Gasteiger partial charge >= 0.3 is 0 Å². The van der Waals surface area contributed by atoms with Crippen molar-refractivity contribution in [3.8, 4) is 0 Å². The Morgan fingerprint density at radius 1 is 1.00 bits per heavy atom. The number of benzene rings is 2. The molecule has 0 aliphatic carbocycles. The highest BCUT2D eigenvalue weighted by Crippen LogP contribution is 2.17. The van der Waals surface area contributed by atoms with Gasteiger partial charge in [0, 0.05) is 24.3 Å². The van der Waals surface area contributed by atoms with Crippen LogP contribution in [0.2, 0.25) is 0 Å². The van der Waals surface area contributed by atoms with Crippen LogP contribution in [0.25, 0.3) is 0 Å². The van der Waals surface area contributed by atoms with Crippen molar-refractivity contribution in [1.82, 2.24) is 10.2 Å². The molecule has 0 aliphatic rings. The third kappa shape index (κ3) is 6.04. The molecule has 0 fully saturated rings. The average Bonchev–Trinajstić information content (AvgIpc) is 2.66. The van der Waals surface area contributed by atoms with Crippen molar-refractivity contribution in [2.24, 2.45) is 0 Å². The molecular formula is C19H24FN3O3S. The van der Waals surface area contributed by atoms with E-state index in [9.17, 15) is 17.6 Å². The quantitative estimate of drug-likeness (QED) is 0.687. The minimum Gasteiger partial charge on any atom is -0.351 e. The number of carbonyl (C=O) groups excluding carboxylic acids is 1. The number of carbonyl (C=O) groups is 1. The Morgan fingerprint density at radius 2 is 1.59 bits per heavy atom. The second kappa shape index (κ2) is 9.48. The van der Waals surface area contributed by atoms with Crippen molar-refractivity contribution in [3.63, 3.8) is 0 Å². The summed E-state index contributed by atoms with van der Waals surface area (Å²) in [6.07, 6.45) is 0. The van der Waals surface area contributed by atoms with Crippen LogP contribution in [0.3, 0.4) is 0 Å². The van der Waals surface area contributed by atoms with Crippen molar-refractivity contribution in [2.45, 2.75) is 18.7 Å². The summed E-state index contributed by atoms with van der Waals surface area (Å²) in [7, 11) is -3.82. The maximum Gasteiger partial charge on any atom is 0.261 e. The molecule has 2 aromatic carbocycles. The van der Waals surface area contributed by atoms with Gasteiger partial charge in [0.15, 0.2) is 0 Å². The molecule has 8 heteroatoms. The van der Waals surface area contributed by atoms with Crippen LogP contribution in [0, 0.1) is 5.82 Å². The van der Waals surface area contributed by atoms with Gasteiger partial charge in [-0.2, -0.15) is 0 Å². The van der Waals surface area contributed by atoms with E-state index in [1.165, 1.54) is 24.3 Å². The maximum atomic E-state index is 12.9. The zero-order valence-corrected chi connectivity index (χ0v) is 16.2. The van der Waals surface area contributed by atoms with Crippen molar-refractivity contribution in [2.75, 3.05) is 30.9 Å². The molecular weight excluding hydrogens is 369 g/mol. The minimum absolute atomic E-state index is 0.0397. The molecule has 146 valence electrons. The smallest absolute Gasteiger partial charge is 0.261 e. The Morgan fingerprint density at radius 3 is 2.15 bits per heavy atom. The molecule has 0 saturated carbocycles. The molecule has 1 amide bonds. The first-order chi connectivity index (χ1) is 12.9. The first-order valence-corrected chi connectivity index (χ1v) is 10.2. The third-order valence-electron chi connectivity index (χ3n) is 4.13. The van der Waals surface area contributed by atoms with Gasteiger partial charge in [0.1, 0.15) is 5.82 Å². The lowest BCUT2D eigenvalue weighted by Crippen LogP contribution is -2.34. The van der Waals surface area contributed by atoms with Crippen molar-refractivity contribution >= 4 is 21.6 Å². The van der Waals surface area contributed by atoms with E-state index >= 15 is 0 Å². The topological polar surface area (TPSA) is 78.5 Å². The summed E-state index contributed by atoms with van der Waals surface area (Å²) in [4.78, 5) is 14.3. The second-order valence-electron chi connectivity index (χ2n) is 5.92. The van der Waals surface area contributed by atoms with Gasteiger partial charge in [0.05, 0.1) is 4.90 Å². The molecule has 27 heavy (non-hydrogen) atoms. The number of hydrogen-bond donors (Lipinski definition) is 2. The zero-order chi connectivity index (χ0) is 19.9. The molecule has 0 bridgehead atoms. The minimum atomic E-state index is -3.82.